The number of hydrogen-bond donors (Lipinski definition) is 1. The standard InChI is InChI=1S/C13H19N5O3S/c1-9-15-12(11-13(16-9)21-10(2)17-11)14-5-8-22(19,20)18-6-3-4-7-18/h3-8H2,1-2H3,(H,14,15,16). The summed E-state index contributed by atoms with van der Waals surface area (Å²) in [5.74, 6) is 1.60. The molecule has 1 aliphatic rings. The van der Waals surface area contributed by atoms with Crippen molar-refractivity contribution in [1.29, 1.82) is 0 Å². The SMILES string of the molecule is Cc1nc(NCCS(=O)(=O)N2CCCC2)c2nc(C)oc2n1. The van der Waals surface area contributed by atoms with Crippen molar-refractivity contribution in [2.24, 2.45) is 0 Å². The average Bonchev–Trinajstić information content (AvgIpc) is 3.07. The molecule has 0 aliphatic carbocycles. The van der Waals surface area contributed by atoms with Gasteiger partial charge in [0, 0.05) is 26.6 Å². The smallest absolute Gasteiger partial charge is 0.252 e. The van der Waals surface area contributed by atoms with Gasteiger partial charge in [-0.05, 0) is 19.8 Å². The second kappa shape index (κ2) is 5.81. The molecule has 0 spiro atoms. The predicted molar refractivity (Wildman–Crippen MR) is 82.2 cm³/mol. The van der Waals surface area contributed by atoms with E-state index in [1.54, 1.807) is 18.2 Å². The van der Waals surface area contributed by atoms with Gasteiger partial charge in [0.05, 0.1) is 5.75 Å². The van der Waals surface area contributed by atoms with E-state index in [-0.39, 0.29) is 12.3 Å². The summed E-state index contributed by atoms with van der Waals surface area (Å²) < 4.78 is 31.3. The van der Waals surface area contributed by atoms with Crippen LogP contribution in [0.5, 0.6) is 0 Å². The van der Waals surface area contributed by atoms with Gasteiger partial charge in [-0.15, -0.1) is 0 Å². The van der Waals surface area contributed by atoms with Crippen LogP contribution in [-0.4, -0.2) is 53.1 Å². The summed E-state index contributed by atoms with van der Waals surface area (Å²) in [5, 5.41) is 3.04. The summed E-state index contributed by atoms with van der Waals surface area (Å²) in [5.41, 5.74) is 0.941. The second-order valence-electron chi connectivity index (χ2n) is 5.36. The second-order valence-corrected chi connectivity index (χ2v) is 7.44. The summed E-state index contributed by atoms with van der Waals surface area (Å²) in [4.78, 5) is 12.7. The zero-order valence-electron chi connectivity index (χ0n) is 12.7. The minimum Gasteiger partial charge on any atom is -0.422 e. The zero-order valence-corrected chi connectivity index (χ0v) is 13.5. The van der Waals surface area contributed by atoms with E-state index in [2.05, 4.69) is 20.3 Å². The lowest BCUT2D eigenvalue weighted by molar-refractivity contribution is 0.478. The Hall–Kier alpha value is -1.74. The van der Waals surface area contributed by atoms with E-state index in [4.69, 9.17) is 4.42 Å². The van der Waals surface area contributed by atoms with Crippen LogP contribution in [0.3, 0.4) is 0 Å². The van der Waals surface area contributed by atoms with E-state index in [0.29, 0.717) is 41.9 Å². The van der Waals surface area contributed by atoms with Gasteiger partial charge in [-0.2, -0.15) is 4.98 Å². The topological polar surface area (TPSA) is 101 Å². The number of nitrogens with zero attached hydrogens (tertiary/aromatic N) is 4. The molecule has 1 fully saturated rings. The van der Waals surface area contributed by atoms with Crippen molar-refractivity contribution in [1.82, 2.24) is 19.3 Å². The van der Waals surface area contributed by atoms with E-state index in [0.717, 1.165) is 12.8 Å². The average molecular weight is 325 g/mol. The minimum atomic E-state index is -3.20. The molecule has 1 saturated heterocycles. The molecule has 2 aromatic heterocycles. The van der Waals surface area contributed by atoms with Crippen molar-refractivity contribution >= 4 is 27.1 Å². The van der Waals surface area contributed by atoms with Gasteiger partial charge >= 0.3 is 0 Å². The highest BCUT2D eigenvalue weighted by atomic mass is 32.2. The molecular formula is C13H19N5O3S. The fourth-order valence-electron chi connectivity index (χ4n) is 2.55. The van der Waals surface area contributed by atoms with Crippen LogP contribution in [0.4, 0.5) is 5.82 Å². The maximum absolute atomic E-state index is 12.2. The Morgan fingerprint density at radius 3 is 2.64 bits per heavy atom. The maximum Gasteiger partial charge on any atom is 0.252 e. The summed E-state index contributed by atoms with van der Waals surface area (Å²) in [6.45, 7) is 5.02. The maximum atomic E-state index is 12.2. The first-order valence-corrected chi connectivity index (χ1v) is 8.90. The highest BCUT2D eigenvalue weighted by Gasteiger charge is 2.24. The molecule has 0 bridgehead atoms. The van der Waals surface area contributed by atoms with Crippen LogP contribution >= 0.6 is 0 Å². The molecule has 3 rings (SSSR count). The number of aromatic nitrogens is 3. The van der Waals surface area contributed by atoms with Gasteiger partial charge in [0.15, 0.2) is 17.2 Å². The molecule has 0 atom stereocenters. The van der Waals surface area contributed by atoms with E-state index in [1.165, 1.54) is 0 Å². The molecule has 8 nitrogen and oxygen atoms in total. The molecule has 0 amide bonds. The molecule has 1 N–H and O–H groups in total. The third-order valence-electron chi connectivity index (χ3n) is 3.59. The molecule has 9 heteroatoms. The molecule has 120 valence electrons. The van der Waals surface area contributed by atoms with Gasteiger partial charge < -0.3 is 9.73 Å². The van der Waals surface area contributed by atoms with Crippen molar-refractivity contribution in [2.75, 3.05) is 30.7 Å². The van der Waals surface area contributed by atoms with Gasteiger partial charge in [-0.1, -0.05) is 0 Å². The van der Waals surface area contributed by atoms with Crippen molar-refractivity contribution in [2.45, 2.75) is 26.7 Å². The van der Waals surface area contributed by atoms with Crippen LogP contribution in [0, 0.1) is 13.8 Å². The number of fused-ring (bicyclic) bond motifs is 1. The van der Waals surface area contributed by atoms with Crippen LogP contribution in [-0.2, 0) is 10.0 Å². The van der Waals surface area contributed by atoms with Crippen LogP contribution in [0.15, 0.2) is 4.42 Å². The molecule has 0 unspecified atom stereocenters. The summed E-state index contributed by atoms with van der Waals surface area (Å²) in [7, 11) is -3.20. The Balaban J connectivity index is 1.71. The lowest BCUT2D eigenvalue weighted by Crippen LogP contribution is -2.32. The van der Waals surface area contributed by atoms with E-state index < -0.39 is 10.0 Å². The predicted octanol–water partition coefficient (Wildman–Crippen LogP) is 1.07. The molecule has 22 heavy (non-hydrogen) atoms. The lowest BCUT2D eigenvalue weighted by atomic mass is 10.4. The Kier molecular flexibility index (Phi) is 4.00. The largest absolute Gasteiger partial charge is 0.422 e. The van der Waals surface area contributed by atoms with Gasteiger partial charge in [-0.25, -0.2) is 22.7 Å². The number of hydrogen-bond acceptors (Lipinski definition) is 7. The van der Waals surface area contributed by atoms with E-state index in [1.807, 2.05) is 0 Å². The van der Waals surface area contributed by atoms with Crippen molar-refractivity contribution in [3.8, 4) is 0 Å². The number of rotatable bonds is 5. The Bertz CT molecular complexity index is 780. The number of anilines is 1. The van der Waals surface area contributed by atoms with Crippen molar-refractivity contribution < 1.29 is 12.8 Å². The van der Waals surface area contributed by atoms with Crippen molar-refractivity contribution in [3.05, 3.63) is 11.7 Å². The highest BCUT2D eigenvalue weighted by Crippen LogP contribution is 2.20. The highest BCUT2D eigenvalue weighted by molar-refractivity contribution is 7.89. The molecule has 0 radical (unpaired) electrons. The molecular weight excluding hydrogens is 306 g/mol. The summed E-state index contributed by atoms with van der Waals surface area (Å²) >= 11 is 0. The third kappa shape index (κ3) is 3.05. The van der Waals surface area contributed by atoms with Crippen LogP contribution in [0.1, 0.15) is 24.6 Å². The lowest BCUT2D eigenvalue weighted by Gasteiger charge is -2.15. The van der Waals surface area contributed by atoms with Gasteiger partial charge in [-0.3, -0.25) is 0 Å². The van der Waals surface area contributed by atoms with Crippen molar-refractivity contribution in [3.63, 3.8) is 0 Å². The van der Waals surface area contributed by atoms with E-state index in [9.17, 15) is 8.42 Å². The van der Waals surface area contributed by atoms with Crippen LogP contribution < -0.4 is 5.32 Å². The molecule has 0 aromatic carbocycles. The monoisotopic (exact) mass is 325 g/mol. The van der Waals surface area contributed by atoms with Gasteiger partial charge in [0.1, 0.15) is 5.82 Å². The molecule has 0 saturated carbocycles. The Morgan fingerprint density at radius 1 is 1.18 bits per heavy atom. The zero-order chi connectivity index (χ0) is 15.7. The minimum absolute atomic E-state index is 0.0361. The fraction of sp³-hybridized carbons (Fsp3) is 0.615. The third-order valence-corrected chi connectivity index (χ3v) is 5.46. The molecule has 1 aliphatic heterocycles. The fourth-order valence-corrected chi connectivity index (χ4v) is 3.98. The number of nitrogens with one attached hydrogen (secondary N) is 1. The summed E-state index contributed by atoms with van der Waals surface area (Å²) in [6, 6.07) is 0. The normalized spacial score (nSPS) is 16.5. The van der Waals surface area contributed by atoms with Gasteiger partial charge in [0.2, 0.25) is 10.0 Å². The summed E-state index contributed by atoms with van der Waals surface area (Å²) in [6.07, 6.45) is 1.88. The molecule has 3 heterocycles. The Morgan fingerprint density at radius 2 is 1.91 bits per heavy atom. The number of aryl methyl sites for hydroxylation is 2. The van der Waals surface area contributed by atoms with Gasteiger partial charge in [0.25, 0.3) is 5.71 Å². The quantitative estimate of drug-likeness (QED) is 0.877. The van der Waals surface area contributed by atoms with E-state index >= 15 is 0 Å². The van der Waals surface area contributed by atoms with Crippen LogP contribution in [0.25, 0.3) is 11.2 Å². The molecule has 2 aromatic rings. The van der Waals surface area contributed by atoms with Crippen LogP contribution in [0.2, 0.25) is 0 Å². The number of sulfonamides is 1. The number of oxazole rings is 1. The first-order chi connectivity index (χ1) is 10.5. The Labute approximate surface area is 129 Å². The first-order valence-electron chi connectivity index (χ1n) is 7.29. The first kappa shape index (κ1) is 15.2.